The van der Waals surface area contributed by atoms with E-state index in [4.69, 9.17) is 4.74 Å². The first kappa shape index (κ1) is 25.0. The van der Waals surface area contributed by atoms with Crippen LogP contribution in [0.5, 0.6) is 5.75 Å². The van der Waals surface area contributed by atoms with Gasteiger partial charge in [0.15, 0.2) is 0 Å². The number of esters is 1. The van der Waals surface area contributed by atoms with Crippen molar-refractivity contribution in [2.24, 2.45) is 5.92 Å². The van der Waals surface area contributed by atoms with E-state index in [0.717, 1.165) is 70.2 Å². The Morgan fingerprint density at radius 2 is 1.91 bits per heavy atom. The Bertz CT molecular complexity index is 811. The van der Waals surface area contributed by atoms with Crippen molar-refractivity contribution in [2.75, 3.05) is 13.1 Å². The predicted octanol–water partition coefficient (Wildman–Crippen LogP) is 7.07. The summed E-state index contributed by atoms with van der Waals surface area (Å²) in [5.41, 5.74) is 2.62. The van der Waals surface area contributed by atoms with Gasteiger partial charge in [-0.1, -0.05) is 64.7 Å². The van der Waals surface area contributed by atoms with Crippen LogP contribution in [0.1, 0.15) is 81.7 Å². The van der Waals surface area contributed by atoms with E-state index in [1.807, 2.05) is 17.4 Å². The molecule has 1 heterocycles. The number of rotatable bonds is 13. The molecule has 0 amide bonds. The first-order valence-electron chi connectivity index (χ1n) is 12.7. The Labute approximate surface area is 199 Å². The van der Waals surface area contributed by atoms with Crippen molar-refractivity contribution in [2.45, 2.75) is 91.0 Å². The van der Waals surface area contributed by atoms with Gasteiger partial charge >= 0.3 is 5.97 Å². The molecule has 1 aromatic heterocycles. The minimum absolute atomic E-state index is 0.0593. The van der Waals surface area contributed by atoms with Crippen molar-refractivity contribution in [1.82, 2.24) is 4.90 Å². The van der Waals surface area contributed by atoms with Crippen LogP contribution in [0.25, 0.3) is 0 Å². The molecule has 3 rings (SSSR count). The van der Waals surface area contributed by atoms with Gasteiger partial charge in [0.25, 0.3) is 0 Å². The zero-order valence-electron chi connectivity index (χ0n) is 20.3. The maximum atomic E-state index is 12.7. The monoisotopic (exact) mass is 455 g/mol. The van der Waals surface area contributed by atoms with Crippen molar-refractivity contribution in [3.8, 4) is 5.75 Å². The van der Waals surface area contributed by atoms with Crippen LogP contribution in [-0.4, -0.2) is 30.0 Å². The van der Waals surface area contributed by atoms with Gasteiger partial charge in [-0.3, -0.25) is 9.69 Å². The first-order valence-corrected chi connectivity index (χ1v) is 13.6. The molecule has 0 radical (unpaired) electrons. The van der Waals surface area contributed by atoms with Gasteiger partial charge < -0.3 is 4.74 Å². The number of benzene rings is 1. The lowest BCUT2D eigenvalue weighted by Gasteiger charge is -2.35. The van der Waals surface area contributed by atoms with Gasteiger partial charge in [0.05, 0.1) is 0 Å². The SMILES string of the molecule is CCCC(CCC)CC(=O)Oc1cccc2c1CCC(N(CCC)CCc1cccs1)C2. The third-order valence-electron chi connectivity index (χ3n) is 6.74. The number of fused-ring (bicyclic) bond motifs is 1. The van der Waals surface area contributed by atoms with Crippen LogP contribution >= 0.6 is 11.3 Å². The largest absolute Gasteiger partial charge is 0.426 e. The fourth-order valence-corrected chi connectivity index (χ4v) is 5.90. The lowest BCUT2D eigenvalue weighted by atomic mass is 9.86. The van der Waals surface area contributed by atoms with Crippen LogP contribution in [0, 0.1) is 5.92 Å². The third-order valence-corrected chi connectivity index (χ3v) is 7.68. The second-order valence-corrected chi connectivity index (χ2v) is 10.3. The molecule has 1 aromatic carbocycles. The van der Waals surface area contributed by atoms with Gasteiger partial charge in [0.1, 0.15) is 5.75 Å². The molecule has 2 aromatic rings. The highest BCUT2D eigenvalue weighted by Crippen LogP contribution is 2.32. The van der Waals surface area contributed by atoms with Crippen LogP contribution in [0.2, 0.25) is 0 Å². The molecule has 3 nitrogen and oxygen atoms in total. The average Bonchev–Trinajstić information content (AvgIpc) is 3.30. The molecule has 0 bridgehead atoms. The van der Waals surface area contributed by atoms with Crippen molar-refractivity contribution < 1.29 is 9.53 Å². The zero-order chi connectivity index (χ0) is 22.8. The molecule has 1 aliphatic rings. The average molecular weight is 456 g/mol. The summed E-state index contributed by atoms with van der Waals surface area (Å²) in [7, 11) is 0. The van der Waals surface area contributed by atoms with Crippen molar-refractivity contribution in [1.29, 1.82) is 0 Å². The Morgan fingerprint density at radius 1 is 1.09 bits per heavy atom. The summed E-state index contributed by atoms with van der Waals surface area (Å²) in [6.45, 7) is 8.94. The molecular weight excluding hydrogens is 414 g/mol. The van der Waals surface area contributed by atoms with Crippen LogP contribution in [0.3, 0.4) is 0 Å². The molecule has 0 spiro atoms. The first-order chi connectivity index (χ1) is 15.6. The summed E-state index contributed by atoms with van der Waals surface area (Å²) < 4.78 is 5.92. The van der Waals surface area contributed by atoms with Gasteiger partial charge in [-0.25, -0.2) is 0 Å². The topological polar surface area (TPSA) is 29.5 Å². The summed E-state index contributed by atoms with van der Waals surface area (Å²) in [6, 6.07) is 11.3. The molecule has 1 unspecified atom stereocenters. The number of carbonyl (C=O) groups excluding carboxylic acids is 1. The van der Waals surface area contributed by atoms with Crippen LogP contribution in [0.15, 0.2) is 35.7 Å². The van der Waals surface area contributed by atoms with Crippen LogP contribution in [0.4, 0.5) is 0 Å². The van der Waals surface area contributed by atoms with Gasteiger partial charge in [-0.2, -0.15) is 0 Å². The van der Waals surface area contributed by atoms with E-state index in [0.29, 0.717) is 18.4 Å². The summed E-state index contributed by atoms with van der Waals surface area (Å²) >= 11 is 1.86. The fraction of sp³-hybridized carbons (Fsp3) is 0.607. The van der Waals surface area contributed by atoms with E-state index in [1.165, 1.54) is 22.4 Å². The van der Waals surface area contributed by atoms with Crippen molar-refractivity contribution in [3.63, 3.8) is 0 Å². The summed E-state index contributed by atoms with van der Waals surface area (Å²) in [4.78, 5) is 16.8. The number of hydrogen-bond acceptors (Lipinski definition) is 4. The predicted molar refractivity (Wildman–Crippen MR) is 136 cm³/mol. The number of hydrogen-bond donors (Lipinski definition) is 0. The highest BCUT2D eigenvalue weighted by Gasteiger charge is 2.26. The maximum Gasteiger partial charge on any atom is 0.311 e. The molecule has 0 N–H and O–H groups in total. The molecule has 0 saturated carbocycles. The van der Waals surface area contributed by atoms with Crippen LogP contribution < -0.4 is 4.74 Å². The molecule has 1 aliphatic carbocycles. The van der Waals surface area contributed by atoms with Gasteiger partial charge in [-0.15, -0.1) is 11.3 Å². The molecule has 0 fully saturated rings. The molecule has 0 aliphatic heterocycles. The zero-order valence-corrected chi connectivity index (χ0v) is 21.1. The minimum Gasteiger partial charge on any atom is -0.426 e. The second kappa shape index (κ2) is 13.2. The quantitative estimate of drug-likeness (QED) is 0.239. The lowest BCUT2D eigenvalue weighted by molar-refractivity contribution is -0.135. The Morgan fingerprint density at radius 3 is 2.59 bits per heavy atom. The van der Waals surface area contributed by atoms with Gasteiger partial charge in [0, 0.05) is 23.9 Å². The fourth-order valence-electron chi connectivity index (χ4n) is 5.20. The Balaban J connectivity index is 1.62. The highest BCUT2D eigenvalue weighted by molar-refractivity contribution is 7.09. The maximum absolute atomic E-state index is 12.7. The van der Waals surface area contributed by atoms with E-state index >= 15 is 0 Å². The Kier molecular flexibility index (Phi) is 10.3. The normalized spacial score (nSPS) is 15.8. The van der Waals surface area contributed by atoms with Crippen molar-refractivity contribution >= 4 is 17.3 Å². The van der Waals surface area contributed by atoms with E-state index in [1.54, 1.807) is 0 Å². The van der Waals surface area contributed by atoms with E-state index in [2.05, 4.69) is 55.3 Å². The van der Waals surface area contributed by atoms with Gasteiger partial charge in [-0.05, 0) is 73.2 Å². The molecular formula is C28H41NO2S. The highest BCUT2D eigenvalue weighted by atomic mass is 32.1. The third kappa shape index (κ3) is 7.18. The molecule has 4 heteroatoms. The summed E-state index contributed by atoms with van der Waals surface area (Å²) in [6.07, 6.45) is 10.5. The molecule has 0 saturated heterocycles. The number of ether oxygens (including phenoxy) is 1. The number of thiophene rings is 1. The molecule has 1 atom stereocenters. The molecule has 176 valence electrons. The van der Waals surface area contributed by atoms with Gasteiger partial charge in [0.2, 0.25) is 0 Å². The van der Waals surface area contributed by atoms with Crippen molar-refractivity contribution in [3.05, 3.63) is 51.7 Å². The summed E-state index contributed by atoms with van der Waals surface area (Å²) in [5, 5.41) is 2.17. The smallest absolute Gasteiger partial charge is 0.311 e. The lowest BCUT2D eigenvalue weighted by Crippen LogP contribution is -2.41. The Hall–Kier alpha value is -1.65. The van der Waals surface area contributed by atoms with Crippen LogP contribution in [-0.2, 0) is 24.1 Å². The van der Waals surface area contributed by atoms with E-state index < -0.39 is 0 Å². The minimum atomic E-state index is -0.0593. The standard InChI is InChI=1S/C28H41NO2S/c1-4-9-22(10-5-2)20-28(30)31-27-13-7-11-23-21-24(14-15-26(23)27)29(17-6-3)18-16-25-12-8-19-32-25/h7-8,11-13,19,22,24H,4-6,9-10,14-18,20-21H2,1-3H3. The molecule has 32 heavy (non-hydrogen) atoms. The summed E-state index contributed by atoms with van der Waals surface area (Å²) in [5.74, 6) is 1.20. The number of nitrogens with zero attached hydrogens (tertiary/aromatic N) is 1. The second-order valence-electron chi connectivity index (χ2n) is 9.28. The number of carbonyl (C=O) groups is 1. The van der Waals surface area contributed by atoms with E-state index in [-0.39, 0.29) is 5.97 Å². The van der Waals surface area contributed by atoms with E-state index in [9.17, 15) is 4.79 Å².